The lowest BCUT2D eigenvalue weighted by atomic mass is 9.89. The van der Waals surface area contributed by atoms with Gasteiger partial charge in [0.2, 0.25) is 5.91 Å². The van der Waals surface area contributed by atoms with Crippen molar-refractivity contribution in [2.45, 2.75) is 39.1 Å². The van der Waals surface area contributed by atoms with E-state index in [1.165, 1.54) is 11.0 Å². The molecule has 3 aliphatic rings. The molecule has 10 heteroatoms. The van der Waals surface area contributed by atoms with E-state index >= 15 is 0 Å². The number of hydrogen-bond donors (Lipinski definition) is 1. The zero-order chi connectivity index (χ0) is 28.7. The van der Waals surface area contributed by atoms with E-state index in [9.17, 15) is 23.2 Å². The first kappa shape index (κ1) is 27.1. The summed E-state index contributed by atoms with van der Waals surface area (Å²) in [6.45, 7) is 8.00. The van der Waals surface area contributed by atoms with Gasteiger partial charge in [-0.3, -0.25) is 14.4 Å². The van der Waals surface area contributed by atoms with Crippen LogP contribution in [0.3, 0.4) is 0 Å². The van der Waals surface area contributed by atoms with E-state index in [1.807, 2.05) is 44.2 Å². The summed E-state index contributed by atoms with van der Waals surface area (Å²) in [6.07, 6.45) is 0. The lowest BCUT2D eigenvalue weighted by Gasteiger charge is -2.51. The van der Waals surface area contributed by atoms with Crippen LogP contribution in [0.4, 0.5) is 8.78 Å². The molecule has 208 valence electrons. The Morgan fingerprint density at radius 3 is 2.55 bits per heavy atom. The van der Waals surface area contributed by atoms with Gasteiger partial charge in [0.15, 0.2) is 11.5 Å². The van der Waals surface area contributed by atoms with Crippen molar-refractivity contribution in [2.24, 2.45) is 0 Å². The maximum absolute atomic E-state index is 14.3. The molecular weight excluding hydrogens is 518 g/mol. The molecule has 2 saturated heterocycles. The Bertz CT molecular complexity index is 1470. The van der Waals surface area contributed by atoms with Crippen LogP contribution < -0.4 is 5.32 Å². The van der Waals surface area contributed by atoms with Crippen LogP contribution in [-0.2, 0) is 32.3 Å². The van der Waals surface area contributed by atoms with Crippen molar-refractivity contribution in [1.29, 1.82) is 0 Å². The van der Waals surface area contributed by atoms with Crippen molar-refractivity contribution in [2.75, 3.05) is 20.1 Å². The Hall–Kier alpha value is -4.47. The average molecular weight is 549 g/mol. The molecule has 8 nitrogen and oxygen atoms in total. The Balaban J connectivity index is 1.57. The van der Waals surface area contributed by atoms with E-state index in [0.29, 0.717) is 5.70 Å². The summed E-state index contributed by atoms with van der Waals surface area (Å²) in [4.78, 5) is 45.6. The number of piperazine rings is 2. The molecular formula is C30H30F2N4O4. The Labute approximate surface area is 231 Å². The monoisotopic (exact) mass is 548 g/mol. The minimum Gasteiger partial charge on any atom is -0.486 e. The number of carbonyl (C=O) groups is 3. The van der Waals surface area contributed by atoms with E-state index in [-0.39, 0.29) is 72.3 Å². The van der Waals surface area contributed by atoms with Crippen molar-refractivity contribution in [3.8, 4) is 0 Å². The largest absolute Gasteiger partial charge is 0.486 e. The second-order valence-electron chi connectivity index (χ2n) is 10.3. The zero-order valence-corrected chi connectivity index (χ0v) is 22.5. The van der Waals surface area contributed by atoms with Crippen LogP contribution in [0.2, 0.25) is 0 Å². The van der Waals surface area contributed by atoms with Crippen LogP contribution in [0, 0.1) is 11.6 Å². The van der Waals surface area contributed by atoms with Crippen molar-refractivity contribution >= 4 is 17.7 Å². The molecule has 0 aromatic heterocycles. The van der Waals surface area contributed by atoms with Gasteiger partial charge in [0.1, 0.15) is 24.3 Å². The Morgan fingerprint density at radius 1 is 1.15 bits per heavy atom. The molecule has 0 spiro atoms. The van der Waals surface area contributed by atoms with Gasteiger partial charge >= 0.3 is 0 Å². The number of carbonyl (C=O) groups excluding carboxylic acids is 3. The standard InChI is InChI=1S/C30H30F2N4O4/c1-17(2)35-15-24-29(38)34(4)14-23-25(28(37)33-13-20-10-11-21(31)12-22(20)32)18(3)27(26(30(35)39)36(23)24)40-16-19-8-6-5-7-9-19/h5-12,17,24H,3,13-16H2,1-2,4H3,(H,33,37). The van der Waals surface area contributed by atoms with Crippen LogP contribution in [-0.4, -0.2) is 64.6 Å². The highest BCUT2D eigenvalue weighted by molar-refractivity contribution is 6.05. The molecule has 1 N–H and O–H groups in total. The topological polar surface area (TPSA) is 82.2 Å². The van der Waals surface area contributed by atoms with Gasteiger partial charge in [-0.05, 0) is 25.5 Å². The molecule has 3 amide bonds. The fourth-order valence-corrected chi connectivity index (χ4v) is 5.25. The van der Waals surface area contributed by atoms with Gasteiger partial charge in [-0.25, -0.2) is 8.78 Å². The van der Waals surface area contributed by atoms with Crippen LogP contribution in [0.25, 0.3) is 0 Å². The quantitative estimate of drug-likeness (QED) is 0.575. The smallest absolute Gasteiger partial charge is 0.274 e. The van der Waals surface area contributed by atoms with Gasteiger partial charge in [0.05, 0.1) is 24.4 Å². The third kappa shape index (κ3) is 4.74. The summed E-state index contributed by atoms with van der Waals surface area (Å²) in [5.41, 5.74) is 1.88. The third-order valence-corrected chi connectivity index (χ3v) is 7.34. The summed E-state index contributed by atoms with van der Waals surface area (Å²) in [6, 6.07) is 11.5. The summed E-state index contributed by atoms with van der Waals surface area (Å²) in [5, 5.41) is 2.69. The number of amides is 3. The Morgan fingerprint density at radius 2 is 1.88 bits per heavy atom. The minimum absolute atomic E-state index is 0.0619. The fourth-order valence-electron chi connectivity index (χ4n) is 5.25. The molecule has 40 heavy (non-hydrogen) atoms. The van der Waals surface area contributed by atoms with Crippen LogP contribution in [0.15, 0.2) is 83.4 Å². The maximum atomic E-state index is 14.3. The van der Waals surface area contributed by atoms with Crippen LogP contribution in [0.1, 0.15) is 25.0 Å². The molecule has 0 aliphatic carbocycles. The average Bonchev–Trinajstić information content (AvgIpc) is 2.91. The molecule has 3 aliphatic heterocycles. The molecule has 0 bridgehead atoms. The minimum atomic E-state index is -0.784. The predicted octanol–water partition coefficient (Wildman–Crippen LogP) is 3.23. The second-order valence-corrected chi connectivity index (χ2v) is 10.3. The number of halogens is 2. The van der Waals surface area contributed by atoms with Gasteiger partial charge in [-0.2, -0.15) is 0 Å². The number of nitrogens with one attached hydrogen (secondary N) is 1. The number of benzene rings is 2. The molecule has 2 aromatic carbocycles. The van der Waals surface area contributed by atoms with Crippen molar-refractivity contribution in [1.82, 2.24) is 20.0 Å². The second kappa shape index (κ2) is 10.6. The first-order valence-corrected chi connectivity index (χ1v) is 13.0. The van der Waals surface area contributed by atoms with E-state index in [4.69, 9.17) is 4.74 Å². The number of allylic oxidation sites excluding steroid dienone is 1. The van der Waals surface area contributed by atoms with Crippen molar-refractivity contribution in [3.63, 3.8) is 0 Å². The SMILES string of the molecule is C=C1C(OCc2ccccc2)=C2C(=O)N(C(C)C)CC3C(=O)N(C)CC(=C1C(=O)NCc1ccc(F)cc1F)N23. The number of ether oxygens (including phenoxy) is 1. The fraction of sp³-hybridized carbons (Fsp3) is 0.300. The van der Waals surface area contributed by atoms with Gasteiger partial charge in [-0.1, -0.05) is 43.0 Å². The zero-order valence-electron chi connectivity index (χ0n) is 22.5. The summed E-state index contributed by atoms with van der Waals surface area (Å²) in [5.74, 6) is -2.48. The van der Waals surface area contributed by atoms with E-state index in [2.05, 4.69) is 11.9 Å². The lowest BCUT2D eigenvalue weighted by Crippen LogP contribution is -2.66. The van der Waals surface area contributed by atoms with Crippen molar-refractivity contribution < 1.29 is 27.9 Å². The molecule has 0 saturated carbocycles. The van der Waals surface area contributed by atoms with Crippen LogP contribution >= 0.6 is 0 Å². The highest BCUT2D eigenvalue weighted by Gasteiger charge is 2.51. The third-order valence-electron chi connectivity index (χ3n) is 7.34. The normalized spacial score (nSPS) is 19.0. The molecule has 2 aromatic rings. The lowest BCUT2D eigenvalue weighted by molar-refractivity contribution is -0.146. The molecule has 1 atom stereocenters. The number of hydrogen-bond acceptors (Lipinski definition) is 5. The van der Waals surface area contributed by atoms with Crippen LogP contribution in [0.5, 0.6) is 0 Å². The van der Waals surface area contributed by atoms with Gasteiger partial charge in [0.25, 0.3) is 11.8 Å². The summed E-state index contributed by atoms with van der Waals surface area (Å²) < 4.78 is 33.8. The first-order valence-electron chi connectivity index (χ1n) is 13.0. The highest BCUT2D eigenvalue weighted by atomic mass is 19.1. The van der Waals surface area contributed by atoms with Gasteiger partial charge in [0, 0.05) is 36.8 Å². The van der Waals surface area contributed by atoms with Gasteiger partial charge < -0.3 is 24.8 Å². The number of rotatable bonds is 7. The summed E-state index contributed by atoms with van der Waals surface area (Å²) in [7, 11) is 1.64. The molecule has 3 heterocycles. The van der Waals surface area contributed by atoms with Gasteiger partial charge in [-0.15, -0.1) is 0 Å². The first-order chi connectivity index (χ1) is 19.1. The number of nitrogens with zero attached hydrogens (tertiary/aromatic N) is 3. The highest BCUT2D eigenvalue weighted by Crippen LogP contribution is 2.42. The molecule has 5 rings (SSSR count). The molecule has 0 radical (unpaired) electrons. The maximum Gasteiger partial charge on any atom is 0.274 e. The molecule has 2 fully saturated rings. The van der Waals surface area contributed by atoms with E-state index in [0.717, 1.165) is 17.7 Å². The number of likely N-dealkylation sites (N-methyl/N-ethyl adjacent to an activating group) is 1. The van der Waals surface area contributed by atoms with E-state index in [1.54, 1.807) is 16.8 Å². The van der Waals surface area contributed by atoms with Crippen molar-refractivity contribution in [3.05, 3.63) is 106 Å². The molecule has 1 unspecified atom stereocenters. The van der Waals surface area contributed by atoms with E-state index < -0.39 is 23.6 Å². The summed E-state index contributed by atoms with van der Waals surface area (Å²) >= 11 is 0. The predicted molar refractivity (Wildman–Crippen MR) is 143 cm³/mol. The Kier molecular flexibility index (Phi) is 7.18.